The highest BCUT2D eigenvalue weighted by Crippen LogP contribution is 2.27. The molecule has 20 heavy (non-hydrogen) atoms. The molecule has 0 aromatic heterocycles. The Morgan fingerprint density at radius 3 is 2.40 bits per heavy atom. The molecule has 0 amide bonds. The average molecular weight is 354 g/mol. The Morgan fingerprint density at radius 2 is 1.80 bits per heavy atom. The summed E-state index contributed by atoms with van der Waals surface area (Å²) in [4.78, 5) is 2.23. The summed E-state index contributed by atoms with van der Waals surface area (Å²) in [5.41, 5.74) is 8.28. The van der Waals surface area contributed by atoms with Gasteiger partial charge >= 0.3 is 0 Å². The number of halogens is 2. The summed E-state index contributed by atoms with van der Waals surface area (Å²) in [7, 11) is 2.07. The van der Waals surface area contributed by atoms with Crippen molar-refractivity contribution >= 4 is 27.5 Å². The van der Waals surface area contributed by atoms with Crippen LogP contribution in [0.15, 0.2) is 53.0 Å². The molecule has 0 aliphatic heterocycles. The molecule has 4 heteroatoms. The number of likely N-dealkylation sites (N-methyl/N-ethyl adjacent to an activating group) is 1. The molecule has 0 radical (unpaired) electrons. The number of nitrogens with zero attached hydrogens (tertiary/aromatic N) is 1. The fraction of sp³-hybridized carbons (Fsp3) is 0.250. The van der Waals surface area contributed by atoms with E-state index in [-0.39, 0.29) is 6.04 Å². The minimum absolute atomic E-state index is 0.118. The van der Waals surface area contributed by atoms with E-state index in [0.717, 1.165) is 21.6 Å². The minimum atomic E-state index is 0.118. The summed E-state index contributed by atoms with van der Waals surface area (Å²) in [6.07, 6.45) is 0. The molecule has 0 aliphatic rings. The molecule has 1 atom stereocenters. The van der Waals surface area contributed by atoms with Crippen LogP contribution in [-0.4, -0.2) is 18.5 Å². The molecule has 0 spiro atoms. The first-order valence-electron chi connectivity index (χ1n) is 6.51. The maximum absolute atomic E-state index is 6.28. The molecule has 0 saturated carbocycles. The summed E-state index contributed by atoms with van der Waals surface area (Å²) in [6, 6.07) is 16.3. The smallest absolute Gasteiger partial charge is 0.0485 e. The van der Waals surface area contributed by atoms with Crippen LogP contribution in [0.2, 0.25) is 5.02 Å². The molecule has 0 bridgehead atoms. The van der Waals surface area contributed by atoms with Crippen molar-refractivity contribution in [3.05, 3.63) is 69.2 Å². The van der Waals surface area contributed by atoms with Gasteiger partial charge in [-0.2, -0.15) is 0 Å². The fourth-order valence-electron chi connectivity index (χ4n) is 2.28. The molecule has 2 aromatic carbocycles. The third kappa shape index (κ3) is 3.83. The van der Waals surface area contributed by atoms with Crippen LogP contribution in [0.5, 0.6) is 0 Å². The molecule has 2 nitrogen and oxygen atoms in total. The van der Waals surface area contributed by atoms with Gasteiger partial charge in [0, 0.05) is 28.6 Å². The number of benzene rings is 2. The molecule has 106 valence electrons. The van der Waals surface area contributed by atoms with Crippen LogP contribution in [0.1, 0.15) is 17.2 Å². The zero-order valence-corrected chi connectivity index (χ0v) is 13.7. The lowest BCUT2D eigenvalue weighted by molar-refractivity contribution is 0.242. The molecule has 2 aromatic rings. The molecule has 2 rings (SSSR count). The topological polar surface area (TPSA) is 29.3 Å². The van der Waals surface area contributed by atoms with E-state index in [9.17, 15) is 0 Å². The maximum atomic E-state index is 6.28. The van der Waals surface area contributed by atoms with Crippen molar-refractivity contribution in [2.24, 2.45) is 5.73 Å². The molecule has 0 aliphatic carbocycles. The Balaban J connectivity index is 2.15. The minimum Gasteiger partial charge on any atom is -0.329 e. The lowest BCUT2D eigenvalue weighted by Crippen LogP contribution is -2.30. The molecular weight excluding hydrogens is 336 g/mol. The number of hydrogen-bond donors (Lipinski definition) is 1. The highest BCUT2D eigenvalue weighted by Gasteiger charge is 2.17. The van der Waals surface area contributed by atoms with Gasteiger partial charge in [-0.25, -0.2) is 0 Å². The van der Waals surface area contributed by atoms with Crippen LogP contribution >= 0.6 is 27.5 Å². The average Bonchev–Trinajstić information content (AvgIpc) is 2.44. The Hall–Kier alpha value is -0.870. The second kappa shape index (κ2) is 7.23. The Labute approximate surface area is 133 Å². The molecule has 0 heterocycles. The van der Waals surface area contributed by atoms with Crippen LogP contribution in [-0.2, 0) is 6.54 Å². The van der Waals surface area contributed by atoms with E-state index in [1.165, 1.54) is 5.56 Å². The van der Waals surface area contributed by atoms with Crippen molar-refractivity contribution in [1.82, 2.24) is 4.90 Å². The third-order valence-corrected chi connectivity index (χ3v) is 4.24. The van der Waals surface area contributed by atoms with Crippen molar-refractivity contribution in [3.63, 3.8) is 0 Å². The summed E-state index contributed by atoms with van der Waals surface area (Å²) in [6.45, 7) is 1.37. The molecule has 0 fully saturated rings. The van der Waals surface area contributed by atoms with Gasteiger partial charge in [0.05, 0.1) is 0 Å². The number of hydrogen-bond acceptors (Lipinski definition) is 2. The van der Waals surface area contributed by atoms with Gasteiger partial charge in [-0.1, -0.05) is 57.9 Å². The van der Waals surface area contributed by atoms with E-state index in [2.05, 4.69) is 52.1 Å². The second-order valence-electron chi connectivity index (χ2n) is 4.81. The van der Waals surface area contributed by atoms with Crippen LogP contribution in [0.3, 0.4) is 0 Å². The molecule has 0 saturated heterocycles. The van der Waals surface area contributed by atoms with Gasteiger partial charge in [0.15, 0.2) is 0 Å². The summed E-state index contributed by atoms with van der Waals surface area (Å²) in [5, 5.41) is 0.769. The van der Waals surface area contributed by atoms with Crippen molar-refractivity contribution in [1.29, 1.82) is 0 Å². The first-order chi connectivity index (χ1) is 9.61. The van der Waals surface area contributed by atoms with Crippen LogP contribution in [0.4, 0.5) is 0 Å². The van der Waals surface area contributed by atoms with Crippen molar-refractivity contribution < 1.29 is 0 Å². The van der Waals surface area contributed by atoms with Crippen LogP contribution in [0.25, 0.3) is 0 Å². The standard InChI is InChI=1S/C16H18BrClN2/c1-20(11-12-6-8-13(17)9-7-12)16(10-19)14-4-2-3-5-15(14)18/h2-9,16H,10-11,19H2,1H3. The van der Waals surface area contributed by atoms with Crippen molar-refractivity contribution in [2.45, 2.75) is 12.6 Å². The SMILES string of the molecule is CN(Cc1ccc(Br)cc1)C(CN)c1ccccc1Cl. The van der Waals surface area contributed by atoms with Crippen LogP contribution < -0.4 is 5.73 Å². The van der Waals surface area contributed by atoms with E-state index in [1.807, 2.05) is 24.3 Å². The second-order valence-corrected chi connectivity index (χ2v) is 6.14. The maximum Gasteiger partial charge on any atom is 0.0485 e. The van der Waals surface area contributed by atoms with Gasteiger partial charge in [0.1, 0.15) is 0 Å². The zero-order valence-electron chi connectivity index (χ0n) is 11.4. The Kier molecular flexibility index (Phi) is 5.61. The van der Waals surface area contributed by atoms with Gasteiger partial charge < -0.3 is 5.73 Å². The van der Waals surface area contributed by atoms with E-state index in [1.54, 1.807) is 0 Å². The van der Waals surface area contributed by atoms with Gasteiger partial charge in [-0.15, -0.1) is 0 Å². The predicted octanol–water partition coefficient (Wildman–Crippen LogP) is 4.23. The highest BCUT2D eigenvalue weighted by molar-refractivity contribution is 9.10. The zero-order chi connectivity index (χ0) is 14.5. The van der Waals surface area contributed by atoms with Crippen molar-refractivity contribution in [2.75, 3.05) is 13.6 Å². The Morgan fingerprint density at radius 1 is 1.15 bits per heavy atom. The van der Waals surface area contributed by atoms with Gasteiger partial charge in [-0.3, -0.25) is 4.90 Å². The van der Waals surface area contributed by atoms with E-state index >= 15 is 0 Å². The summed E-state index contributed by atoms with van der Waals surface area (Å²) >= 11 is 9.73. The monoisotopic (exact) mass is 352 g/mol. The summed E-state index contributed by atoms with van der Waals surface area (Å²) < 4.78 is 1.09. The molecule has 1 unspecified atom stereocenters. The third-order valence-electron chi connectivity index (χ3n) is 3.36. The first-order valence-corrected chi connectivity index (χ1v) is 7.68. The van der Waals surface area contributed by atoms with E-state index in [4.69, 9.17) is 17.3 Å². The van der Waals surface area contributed by atoms with Gasteiger partial charge in [0.25, 0.3) is 0 Å². The summed E-state index contributed by atoms with van der Waals surface area (Å²) in [5.74, 6) is 0. The number of rotatable bonds is 5. The molecular formula is C16H18BrClN2. The highest BCUT2D eigenvalue weighted by atomic mass is 79.9. The lowest BCUT2D eigenvalue weighted by atomic mass is 10.0. The largest absolute Gasteiger partial charge is 0.329 e. The van der Waals surface area contributed by atoms with Gasteiger partial charge in [0.2, 0.25) is 0 Å². The fourth-order valence-corrected chi connectivity index (χ4v) is 2.80. The normalized spacial score (nSPS) is 12.7. The van der Waals surface area contributed by atoms with Crippen molar-refractivity contribution in [3.8, 4) is 0 Å². The molecule has 2 N–H and O–H groups in total. The van der Waals surface area contributed by atoms with Gasteiger partial charge in [-0.05, 0) is 36.4 Å². The first kappa shape index (κ1) is 15.5. The Bertz CT molecular complexity index is 557. The predicted molar refractivity (Wildman–Crippen MR) is 88.9 cm³/mol. The number of nitrogens with two attached hydrogens (primary N) is 1. The quantitative estimate of drug-likeness (QED) is 0.871. The van der Waals surface area contributed by atoms with E-state index in [0.29, 0.717) is 6.54 Å². The lowest BCUT2D eigenvalue weighted by Gasteiger charge is -2.28. The van der Waals surface area contributed by atoms with Crippen LogP contribution in [0, 0.1) is 0 Å². The van der Waals surface area contributed by atoms with E-state index < -0.39 is 0 Å².